The molecule has 1 aromatic carbocycles. The highest BCUT2D eigenvalue weighted by atomic mass is 16.5. The van der Waals surface area contributed by atoms with E-state index in [0.717, 1.165) is 5.56 Å². The fourth-order valence-corrected chi connectivity index (χ4v) is 1.19. The van der Waals surface area contributed by atoms with E-state index >= 15 is 0 Å². The van der Waals surface area contributed by atoms with E-state index in [-0.39, 0.29) is 12.5 Å². The van der Waals surface area contributed by atoms with Gasteiger partial charge in [0.2, 0.25) is 0 Å². The topological polar surface area (TPSA) is 52.3 Å². The van der Waals surface area contributed by atoms with E-state index in [1.54, 1.807) is 12.2 Å². The van der Waals surface area contributed by atoms with Crippen molar-refractivity contribution < 1.29 is 9.53 Å². The summed E-state index contributed by atoms with van der Waals surface area (Å²) >= 11 is 0. The minimum Gasteiger partial charge on any atom is -0.466 e. The molecule has 0 unspecified atom stereocenters. The molecule has 0 fully saturated rings. The van der Waals surface area contributed by atoms with Crippen LogP contribution in [0.2, 0.25) is 0 Å². The lowest BCUT2D eigenvalue weighted by Gasteiger charge is -1.99. The molecule has 84 valence electrons. The van der Waals surface area contributed by atoms with Gasteiger partial charge in [-0.3, -0.25) is 0 Å². The van der Waals surface area contributed by atoms with Crippen LogP contribution in [-0.4, -0.2) is 19.6 Å². The Morgan fingerprint density at radius 2 is 2.06 bits per heavy atom. The molecule has 2 N–H and O–H groups in total. The number of allylic oxidation sites excluding steroid dienone is 2. The summed E-state index contributed by atoms with van der Waals surface area (Å²) in [4.78, 5) is 11.2. The van der Waals surface area contributed by atoms with Crippen molar-refractivity contribution >= 4 is 12.0 Å². The molecule has 0 heterocycles. The third-order valence-electron chi connectivity index (χ3n) is 2.05. The molecule has 0 atom stereocenters. The molecule has 0 aromatic heterocycles. The highest BCUT2D eigenvalue weighted by Gasteiger charge is 2.04. The Balaban J connectivity index is 2.71. The minimum absolute atomic E-state index is 0.172. The number of carbonyl (C=O) groups is 1. The summed E-state index contributed by atoms with van der Waals surface area (Å²) in [7, 11) is 1.34. The number of benzene rings is 1. The van der Waals surface area contributed by atoms with Gasteiger partial charge in [0.1, 0.15) is 0 Å². The predicted molar refractivity (Wildman–Crippen MR) is 64.6 cm³/mol. The van der Waals surface area contributed by atoms with Gasteiger partial charge in [0, 0.05) is 6.54 Å². The summed E-state index contributed by atoms with van der Waals surface area (Å²) in [6.45, 7) is 0.172. The van der Waals surface area contributed by atoms with Crippen LogP contribution in [0.5, 0.6) is 0 Å². The van der Waals surface area contributed by atoms with Gasteiger partial charge in [0.05, 0.1) is 12.7 Å². The second-order valence-electron chi connectivity index (χ2n) is 3.16. The van der Waals surface area contributed by atoms with Gasteiger partial charge in [-0.05, 0) is 5.56 Å². The molecule has 0 radical (unpaired) electrons. The average molecular weight is 217 g/mol. The molecular formula is C13H15NO2. The molecule has 0 amide bonds. The molecule has 3 nitrogen and oxygen atoms in total. The number of carbonyl (C=O) groups excluding carboxylic acids is 1. The maximum Gasteiger partial charge on any atom is 0.335 e. The molecule has 0 aliphatic rings. The molecule has 0 saturated carbocycles. The number of nitrogens with two attached hydrogens (primary N) is 1. The highest BCUT2D eigenvalue weighted by Crippen LogP contribution is 2.02. The van der Waals surface area contributed by atoms with Crippen LogP contribution in [0, 0.1) is 0 Å². The summed E-state index contributed by atoms with van der Waals surface area (Å²) in [5, 5.41) is 0. The van der Waals surface area contributed by atoms with Gasteiger partial charge in [-0.25, -0.2) is 4.79 Å². The quantitative estimate of drug-likeness (QED) is 0.475. The van der Waals surface area contributed by atoms with Crippen molar-refractivity contribution in [3.63, 3.8) is 0 Å². The predicted octanol–water partition coefficient (Wildman–Crippen LogP) is 1.76. The highest BCUT2D eigenvalue weighted by molar-refractivity contribution is 5.89. The lowest BCUT2D eigenvalue weighted by molar-refractivity contribution is -0.136. The third kappa shape index (κ3) is 3.71. The van der Waals surface area contributed by atoms with Crippen LogP contribution in [0.1, 0.15) is 5.56 Å². The van der Waals surface area contributed by atoms with Crippen molar-refractivity contribution in [3.05, 3.63) is 53.6 Å². The monoisotopic (exact) mass is 217 g/mol. The van der Waals surface area contributed by atoms with Gasteiger partial charge in [-0.1, -0.05) is 48.6 Å². The van der Waals surface area contributed by atoms with Crippen LogP contribution in [-0.2, 0) is 9.53 Å². The molecule has 0 spiro atoms. The van der Waals surface area contributed by atoms with E-state index in [1.807, 2.05) is 36.4 Å². The van der Waals surface area contributed by atoms with Crippen molar-refractivity contribution in [2.24, 2.45) is 5.73 Å². The van der Waals surface area contributed by atoms with Crippen LogP contribution in [0.25, 0.3) is 6.08 Å². The Bertz CT molecular complexity index is 394. The molecule has 1 rings (SSSR count). The standard InChI is InChI=1S/C13H15NO2/c1-16-13(15)12(10-14)9-5-8-11-6-3-2-4-7-11/h2-9H,10,14H2,1H3/b8-5+,12-9+. The maximum atomic E-state index is 11.2. The van der Waals surface area contributed by atoms with Crippen molar-refractivity contribution in [2.75, 3.05) is 13.7 Å². The molecule has 0 aliphatic heterocycles. The van der Waals surface area contributed by atoms with Crippen LogP contribution in [0.15, 0.2) is 48.1 Å². The molecule has 3 heteroatoms. The number of esters is 1. The Labute approximate surface area is 95.2 Å². The van der Waals surface area contributed by atoms with Crippen molar-refractivity contribution in [2.45, 2.75) is 0 Å². The van der Waals surface area contributed by atoms with Crippen LogP contribution in [0.3, 0.4) is 0 Å². The van der Waals surface area contributed by atoms with E-state index < -0.39 is 0 Å². The zero-order valence-electron chi connectivity index (χ0n) is 9.22. The van der Waals surface area contributed by atoms with E-state index in [1.165, 1.54) is 7.11 Å². The second kappa shape index (κ2) is 6.58. The third-order valence-corrected chi connectivity index (χ3v) is 2.05. The van der Waals surface area contributed by atoms with Crippen LogP contribution >= 0.6 is 0 Å². The van der Waals surface area contributed by atoms with Gasteiger partial charge in [-0.15, -0.1) is 0 Å². The van der Waals surface area contributed by atoms with Gasteiger partial charge < -0.3 is 10.5 Å². The zero-order valence-corrected chi connectivity index (χ0v) is 9.22. The number of hydrogen-bond donors (Lipinski definition) is 1. The van der Waals surface area contributed by atoms with Crippen LogP contribution in [0.4, 0.5) is 0 Å². The average Bonchev–Trinajstić information content (AvgIpc) is 2.35. The van der Waals surface area contributed by atoms with Crippen molar-refractivity contribution in [1.82, 2.24) is 0 Å². The Kier molecular flexibility index (Phi) is 5.02. The van der Waals surface area contributed by atoms with E-state index in [2.05, 4.69) is 4.74 Å². The smallest absolute Gasteiger partial charge is 0.335 e. The Morgan fingerprint density at radius 1 is 1.38 bits per heavy atom. The van der Waals surface area contributed by atoms with Crippen molar-refractivity contribution in [1.29, 1.82) is 0 Å². The largest absolute Gasteiger partial charge is 0.466 e. The summed E-state index contributed by atoms with van der Waals surface area (Å²) in [6, 6.07) is 9.81. The Hall–Kier alpha value is -1.87. The lowest BCUT2D eigenvalue weighted by atomic mass is 10.2. The van der Waals surface area contributed by atoms with Gasteiger partial charge in [0.25, 0.3) is 0 Å². The van der Waals surface area contributed by atoms with Gasteiger partial charge >= 0.3 is 5.97 Å². The van der Waals surface area contributed by atoms with Gasteiger partial charge in [0.15, 0.2) is 0 Å². The number of rotatable bonds is 4. The molecule has 0 bridgehead atoms. The SMILES string of the molecule is COC(=O)/C(=C/C=C/c1ccccc1)CN. The van der Waals surface area contributed by atoms with E-state index in [4.69, 9.17) is 5.73 Å². The fraction of sp³-hybridized carbons (Fsp3) is 0.154. The molecule has 1 aromatic rings. The second-order valence-corrected chi connectivity index (χ2v) is 3.16. The van der Waals surface area contributed by atoms with Crippen LogP contribution < -0.4 is 5.73 Å². The summed E-state index contributed by atoms with van der Waals surface area (Å²) < 4.78 is 4.58. The zero-order chi connectivity index (χ0) is 11.8. The van der Waals surface area contributed by atoms with Gasteiger partial charge in [-0.2, -0.15) is 0 Å². The first-order valence-corrected chi connectivity index (χ1v) is 4.98. The normalized spacial score (nSPS) is 11.8. The summed E-state index contributed by atoms with van der Waals surface area (Å²) in [5.41, 5.74) is 6.95. The first-order valence-electron chi connectivity index (χ1n) is 4.98. The first kappa shape index (κ1) is 12.2. The molecule has 0 aliphatic carbocycles. The van der Waals surface area contributed by atoms with E-state index in [0.29, 0.717) is 5.57 Å². The Morgan fingerprint density at radius 3 is 2.62 bits per heavy atom. The summed E-state index contributed by atoms with van der Waals surface area (Å²) in [5.74, 6) is -0.389. The molecule has 16 heavy (non-hydrogen) atoms. The maximum absolute atomic E-state index is 11.2. The van der Waals surface area contributed by atoms with E-state index in [9.17, 15) is 4.79 Å². The first-order chi connectivity index (χ1) is 7.77. The van der Waals surface area contributed by atoms with Crippen molar-refractivity contribution in [3.8, 4) is 0 Å². The number of ether oxygens (including phenoxy) is 1. The number of methoxy groups -OCH3 is 1. The fourth-order valence-electron chi connectivity index (χ4n) is 1.19. The number of hydrogen-bond acceptors (Lipinski definition) is 3. The minimum atomic E-state index is -0.389. The molecular weight excluding hydrogens is 202 g/mol. The summed E-state index contributed by atoms with van der Waals surface area (Å²) in [6.07, 6.45) is 5.35. The molecule has 0 saturated heterocycles. The lowest BCUT2D eigenvalue weighted by Crippen LogP contribution is -2.13.